The molecule has 0 radical (unpaired) electrons. The number of benzene rings is 2. The Bertz CT molecular complexity index is 818. The monoisotopic (exact) mass is 385 g/mol. The highest BCUT2D eigenvalue weighted by molar-refractivity contribution is 5.96. The predicted octanol–water partition coefficient (Wildman–Crippen LogP) is 2.19. The van der Waals surface area contributed by atoms with Gasteiger partial charge in [-0.2, -0.15) is 0 Å². The molecule has 1 heterocycles. The number of ether oxygens (including phenoxy) is 1. The van der Waals surface area contributed by atoms with Gasteiger partial charge < -0.3 is 19.9 Å². The molecule has 2 aromatic rings. The van der Waals surface area contributed by atoms with Gasteiger partial charge in [0.15, 0.2) is 0 Å². The molecule has 1 N–H and O–H groups in total. The van der Waals surface area contributed by atoms with Crippen LogP contribution in [0.15, 0.2) is 48.5 Å². The van der Waals surface area contributed by atoms with Crippen LogP contribution in [0.5, 0.6) is 5.75 Å². The van der Waals surface area contributed by atoms with Gasteiger partial charge in [0.05, 0.1) is 12.8 Å². The molecule has 7 heteroatoms. The Hall–Kier alpha value is -3.09. The van der Waals surface area contributed by atoms with Crippen molar-refractivity contribution in [2.45, 2.75) is 13.0 Å². The predicted molar refractivity (Wildman–Crippen MR) is 105 cm³/mol. The van der Waals surface area contributed by atoms with Crippen molar-refractivity contribution in [1.29, 1.82) is 0 Å². The van der Waals surface area contributed by atoms with E-state index in [4.69, 9.17) is 4.74 Å². The number of hydrogen-bond acceptors (Lipinski definition) is 4. The van der Waals surface area contributed by atoms with E-state index in [9.17, 15) is 14.0 Å². The summed E-state index contributed by atoms with van der Waals surface area (Å²) in [5.41, 5.74) is 1.48. The lowest BCUT2D eigenvalue weighted by Gasteiger charge is -2.36. The lowest BCUT2D eigenvalue weighted by molar-refractivity contribution is -0.136. The average Bonchev–Trinajstić information content (AvgIpc) is 2.73. The molecule has 1 aliphatic rings. The summed E-state index contributed by atoms with van der Waals surface area (Å²) < 4.78 is 19.0. The van der Waals surface area contributed by atoms with Crippen molar-refractivity contribution in [3.8, 4) is 5.75 Å². The van der Waals surface area contributed by atoms with Crippen LogP contribution in [0.4, 0.5) is 10.1 Å². The molecular weight excluding hydrogens is 361 g/mol. The molecule has 0 spiro atoms. The fourth-order valence-electron chi connectivity index (χ4n) is 3.16. The smallest absolute Gasteiger partial charge is 0.232 e. The Kier molecular flexibility index (Phi) is 6.47. The van der Waals surface area contributed by atoms with Crippen LogP contribution in [0.3, 0.4) is 0 Å². The zero-order chi connectivity index (χ0) is 19.9. The van der Waals surface area contributed by atoms with Crippen molar-refractivity contribution >= 4 is 17.5 Å². The highest BCUT2D eigenvalue weighted by atomic mass is 19.1. The molecule has 0 saturated carbocycles. The normalized spacial score (nSPS) is 13.9. The fourth-order valence-corrected chi connectivity index (χ4v) is 3.16. The lowest BCUT2D eigenvalue weighted by atomic mass is 10.2. The summed E-state index contributed by atoms with van der Waals surface area (Å²) in [6.07, 6.45) is -0.185. The number of nitrogens with zero attached hydrogens (tertiary/aromatic N) is 2. The second-order valence-corrected chi connectivity index (χ2v) is 6.62. The number of methoxy groups -OCH3 is 1. The topological polar surface area (TPSA) is 61.9 Å². The Morgan fingerprint density at radius 1 is 1.04 bits per heavy atom. The molecule has 2 aromatic carbocycles. The molecule has 0 atom stereocenters. The lowest BCUT2D eigenvalue weighted by Crippen LogP contribution is -2.49. The number of rotatable bonds is 6. The van der Waals surface area contributed by atoms with Crippen LogP contribution in [0.1, 0.15) is 12.0 Å². The van der Waals surface area contributed by atoms with E-state index >= 15 is 0 Å². The van der Waals surface area contributed by atoms with E-state index in [0.717, 1.165) is 11.3 Å². The van der Waals surface area contributed by atoms with Crippen LogP contribution < -0.4 is 15.0 Å². The molecule has 2 amide bonds. The maximum atomic E-state index is 13.9. The zero-order valence-electron chi connectivity index (χ0n) is 15.9. The third-order valence-corrected chi connectivity index (χ3v) is 4.79. The summed E-state index contributed by atoms with van der Waals surface area (Å²) in [7, 11) is 1.60. The molecule has 0 aliphatic carbocycles. The number of anilines is 1. The third-order valence-electron chi connectivity index (χ3n) is 4.79. The summed E-state index contributed by atoms with van der Waals surface area (Å²) in [5.74, 6) is -0.0299. The molecule has 3 rings (SSSR count). The molecule has 28 heavy (non-hydrogen) atoms. The number of carbonyl (C=O) groups excluding carboxylic acids is 2. The van der Waals surface area contributed by atoms with Gasteiger partial charge in [-0.3, -0.25) is 9.59 Å². The largest absolute Gasteiger partial charge is 0.497 e. The Morgan fingerprint density at radius 2 is 1.71 bits per heavy atom. The van der Waals surface area contributed by atoms with Crippen molar-refractivity contribution in [2.24, 2.45) is 0 Å². The van der Waals surface area contributed by atoms with Crippen LogP contribution in [0, 0.1) is 5.82 Å². The van der Waals surface area contributed by atoms with Gasteiger partial charge in [0.1, 0.15) is 18.0 Å². The minimum Gasteiger partial charge on any atom is -0.497 e. The van der Waals surface area contributed by atoms with Gasteiger partial charge in [0.25, 0.3) is 0 Å². The highest BCUT2D eigenvalue weighted by Gasteiger charge is 2.23. The number of para-hydroxylation sites is 1. The van der Waals surface area contributed by atoms with Gasteiger partial charge in [0, 0.05) is 32.7 Å². The zero-order valence-corrected chi connectivity index (χ0v) is 15.9. The molecule has 6 nitrogen and oxygen atoms in total. The van der Waals surface area contributed by atoms with Crippen molar-refractivity contribution in [2.75, 3.05) is 38.2 Å². The van der Waals surface area contributed by atoms with Crippen LogP contribution >= 0.6 is 0 Å². The molecule has 0 aromatic heterocycles. The van der Waals surface area contributed by atoms with E-state index in [1.165, 1.54) is 6.07 Å². The van der Waals surface area contributed by atoms with E-state index in [1.807, 2.05) is 29.2 Å². The maximum absolute atomic E-state index is 13.9. The van der Waals surface area contributed by atoms with Crippen molar-refractivity contribution < 1.29 is 18.7 Å². The van der Waals surface area contributed by atoms with E-state index in [1.54, 1.807) is 30.2 Å². The second-order valence-electron chi connectivity index (χ2n) is 6.62. The molecule has 1 fully saturated rings. The van der Waals surface area contributed by atoms with Gasteiger partial charge in [-0.25, -0.2) is 4.39 Å². The molecular formula is C21H24FN3O3. The molecule has 1 saturated heterocycles. The first kappa shape index (κ1) is 19.7. The highest BCUT2D eigenvalue weighted by Crippen LogP contribution is 2.20. The fraction of sp³-hybridized carbons (Fsp3) is 0.333. The Balaban J connectivity index is 1.43. The van der Waals surface area contributed by atoms with Crippen molar-refractivity contribution in [3.05, 3.63) is 59.9 Å². The number of hydrogen-bond donors (Lipinski definition) is 1. The maximum Gasteiger partial charge on any atom is 0.232 e. The van der Waals surface area contributed by atoms with Gasteiger partial charge >= 0.3 is 0 Å². The molecule has 0 unspecified atom stereocenters. The number of carbonyl (C=O) groups is 2. The van der Waals surface area contributed by atoms with E-state index in [2.05, 4.69) is 5.32 Å². The van der Waals surface area contributed by atoms with E-state index < -0.39 is 0 Å². The van der Waals surface area contributed by atoms with Crippen LogP contribution in [-0.2, 0) is 16.1 Å². The minimum atomic E-state index is -0.308. The van der Waals surface area contributed by atoms with Gasteiger partial charge in [-0.15, -0.1) is 0 Å². The van der Waals surface area contributed by atoms with Crippen LogP contribution in [0.25, 0.3) is 0 Å². The van der Waals surface area contributed by atoms with Gasteiger partial charge in [-0.1, -0.05) is 24.3 Å². The first-order valence-corrected chi connectivity index (χ1v) is 9.23. The number of piperazine rings is 1. The Morgan fingerprint density at radius 3 is 2.36 bits per heavy atom. The number of halogens is 1. The van der Waals surface area contributed by atoms with Crippen molar-refractivity contribution in [3.63, 3.8) is 0 Å². The SMILES string of the molecule is COc1ccc(CNC(=O)CC(=O)N2CCN(c3ccccc3F)CC2)cc1. The summed E-state index contributed by atoms with van der Waals surface area (Å²) in [4.78, 5) is 28.0. The molecule has 148 valence electrons. The van der Waals surface area contributed by atoms with Crippen molar-refractivity contribution in [1.82, 2.24) is 10.2 Å². The standard InChI is InChI=1S/C21H24FN3O3/c1-28-17-8-6-16(7-9-17)15-23-20(26)14-21(27)25-12-10-24(11-13-25)19-5-3-2-4-18(19)22/h2-9H,10-15H2,1H3,(H,23,26). The third kappa shape index (κ3) is 5.00. The molecule has 0 bridgehead atoms. The summed E-state index contributed by atoms with van der Waals surface area (Å²) in [6, 6.07) is 14.0. The van der Waals surface area contributed by atoms with Crippen LogP contribution in [0.2, 0.25) is 0 Å². The Labute approximate surface area is 163 Å². The summed E-state index contributed by atoms with van der Waals surface area (Å²) in [6.45, 7) is 2.38. The first-order valence-electron chi connectivity index (χ1n) is 9.23. The van der Waals surface area contributed by atoms with E-state index in [0.29, 0.717) is 38.4 Å². The summed E-state index contributed by atoms with van der Waals surface area (Å²) in [5, 5.41) is 2.76. The van der Waals surface area contributed by atoms with Gasteiger partial charge in [-0.05, 0) is 29.8 Å². The molecule has 1 aliphatic heterocycles. The van der Waals surface area contributed by atoms with E-state index in [-0.39, 0.29) is 24.1 Å². The number of amides is 2. The quantitative estimate of drug-likeness (QED) is 0.775. The average molecular weight is 385 g/mol. The second kappa shape index (κ2) is 9.21. The minimum absolute atomic E-state index is 0.185. The van der Waals surface area contributed by atoms with Crippen LogP contribution in [-0.4, -0.2) is 50.0 Å². The number of nitrogens with one attached hydrogen (secondary N) is 1. The first-order chi connectivity index (χ1) is 13.6. The van der Waals surface area contributed by atoms with Gasteiger partial charge in [0.2, 0.25) is 11.8 Å². The summed E-state index contributed by atoms with van der Waals surface area (Å²) >= 11 is 0.